The Morgan fingerprint density at radius 1 is 1.30 bits per heavy atom. The Bertz CT molecular complexity index is 414. The van der Waals surface area contributed by atoms with Crippen LogP contribution in [0.2, 0.25) is 0 Å². The van der Waals surface area contributed by atoms with Crippen molar-refractivity contribution in [3.05, 3.63) is 29.8 Å². The Morgan fingerprint density at radius 3 is 2.65 bits per heavy atom. The van der Waals surface area contributed by atoms with E-state index in [1.165, 1.54) is 5.56 Å². The third-order valence-electron chi connectivity index (χ3n) is 3.18. The summed E-state index contributed by atoms with van der Waals surface area (Å²) < 4.78 is 10.4. The first-order valence-electron chi connectivity index (χ1n) is 7.04. The molecule has 1 aromatic rings. The first kappa shape index (κ1) is 15.0. The molecule has 1 fully saturated rings. The number of hydrogen-bond donors (Lipinski definition) is 1. The molecule has 110 valence electrons. The molecule has 0 saturated carbocycles. The molecule has 1 aliphatic rings. The molecule has 2 rings (SSSR count). The lowest BCUT2D eigenvalue weighted by Crippen LogP contribution is -2.35. The first-order valence-corrected chi connectivity index (χ1v) is 7.04. The fourth-order valence-corrected chi connectivity index (χ4v) is 2.10. The number of carbonyl (C=O) groups is 1. The Labute approximate surface area is 119 Å². The van der Waals surface area contributed by atoms with Gasteiger partial charge < -0.3 is 14.8 Å². The number of nitrogens with zero attached hydrogens (tertiary/aromatic N) is 1. The van der Waals surface area contributed by atoms with Crippen molar-refractivity contribution < 1.29 is 14.3 Å². The molecule has 0 atom stereocenters. The molecule has 20 heavy (non-hydrogen) atoms. The number of rotatable bonds is 6. The second kappa shape index (κ2) is 7.99. The molecule has 1 aromatic carbocycles. The first-order chi connectivity index (χ1) is 9.78. The average Bonchev–Trinajstić information content (AvgIpc) is 2.48. The minimum Gasteiger partial charge on any atom is -0.379 e. The van der Waals surface area contributed by atoms with Crippen molar-refractivity contribution in [2.24, 2.45) is 0 Å². The van der Waals surface area contributed by atoms with E-state index < -0.39 is 0 Å². The minimum absolute atomic E-state index is 0.103. The fourth-order valence-electron chi connectivity index (χ4n) is 2.10. The van der Waals surface area contributed by atoms with Crippen LogP contribution in [0.4, 0.5) is 5.69 Å². The molecule has 1 N–H and O–H groups in total. The van der Waals surface area contributed by atoms with Crippen molar-refractivity contribution in [1.82, 2.24) is 4.90 Å². The number of ether oxygens (including phenoxy) is 2. The molecule has 0 radical (unpaired) electrons. The van der Waals surface area contributed by atoms with Gasteiger partial charge in [-0.25, -0.2) is 0 Å². The molecule has 5 heteroatoms. The van der Waals surface area contributed by atoms with E-state index in [9.17, 15) is 4.79 Å². The highest BCUT2D eigenvalue weighted by atomic mass is 16.5. The highest BCUT2D eigenvalue weighted by molar-refractivity contribution is 5.91. The minimum atomic E-state index is -0.118. The molecule has 1 heterocycles. The largest absolute Gasteiger partial charge is 0.379 e. The smallest absolute Gasteiger partial charge is 0.250 e. The third-order valence-corrected chi connectivity index (χ3v) is 3.18. The monoisotopic (exact) mass is 278 g/mol. The summed E-state index contributed by atoms with van der Waals surface area (Å²) in [6.45, 7) is 7.03. The van der Waals surface area contributed by atoms with Gasteiger partial charge in [0.15, 0.2) is 0 Å². The molecule has 0 aromatic heterocycles. The number of benzene rings is 1. The second-order valence-corrected chi connectivity index (χ2v) is 4.77. The number of amides is 1. The van der Waals surface area contributed by atoms with Crippen LogP contribution in [0, 0.1) is 0 Å². The summed E-state index contributed by atoms with van der Waals surface area (Å²) in [4.78, 5) is 13.9. The van der Waals surface area contributed by atoms with Gasteiger partial charge >= 0.3 is 0 Å². The molecular weight excluding hydrogens is 256 g/mol. The Morgan fingerprint density at radius 2 is 2.00 bits per heavy atom. The van der Waals surface area contributed by atoms with Gasteiger partial charge in [0.05, 0.1) is 13.2 Å². The van der Waals surface area contributed by atoms with Crippen LogP contribution in [0.3, 0.4) is 0 Å². The molecular formula is C15H22N2O3. The van der Waals surface area contributed by atoms with Gasteiger partial charge in [-0.15, -0.1) is 0 Å². The predicted octanol–water partition coefficient (Wildman–Crippen LogP) is 1.49. The summed E-state index contributed by atoms with van der Waals surface area (Å²) in [5, 5.41) is 2.81. The Balaban J connectivity index is 1.81. The lowest BCUT2D eigenvalue weighted by Gasteiger charge is -2.26. The van der Waals surface area contributed by atoms with Crippen LogP contribution in [-0.2, 0) is 20.8 Å². The van der Waals surface area contributed by atoms with Gasteiger partial charge in [0, 0.05) is 31.9 Å². The lowest BCUT2D eigenvalue weighted by molar-refractivity contribution is -0.120. The van der Waals surface area contributed by atoms with Crippen LogP contribution in [0.5, 0.6) is 0 Å². The van der Waals surface area contributed by atoms with E-state index in [4.69, 9.17) is 9.47 Å². The number of morpholine rings is 1. The average molecular weight is 278 g/mol. The van der Waals surface area contributed by atoms with Gasteiger partial charge in [0.2, 0.25) is 5.91 Å². The number of anilines is 1. The zero-order chi connectivity index (χ0) is 14.2. The highest BCUT2D eigenvalue weighted by Gasteiger charge is 2.10. The van der Waals surface area contributed by atoms with Gasteiger partial charge in [0.25, 0.3) is 0 Å². The maximum Gasteiger partial charge on any atom is 0.250 e. The van der Waals surface area contributed by atoms with E-state index >= 15 is 0 Å². The van der Waals surface area contributed by atoms with Crippen molar-refractivity contribution >= 4 is 11.6 Å². The van der Waals surface area contributed by atoms with Gasteiger partial charge in [-0.1, -0.05) is 12.1 Å². The molecule has 0 unspecified atom stereocenters. The van der Waals surface area contributed by atoms with Crippen LogP contribution in [0.15, 0.2) is 24.3 Å². The maximum absolute atomic E-state index is 11.5. The summed E-state index contributed by atoms with van der Waals surface area (Å²) in [7, 11) is 0. The topological polar surface area (TPSA) is 50.8 Å². The van der Waals surface area contributed by atoms with Crippen LogP contribution < -0.4 is 5.32 Å². The standard InChI is InChI=1S/C15H22N2O3/c1-2-19-12-15(18)16-14-5-3-13(4-6-14)11-17-7-9-20-10-8-17/h3-6H,2,7-12H2,1H3,(H,16,18). The van der Waals surface area contributed by atoms with E-state index in [1.54, 1.807) is 0 Å². The predicted molar refractivity (Wildman–Crippen MR) is 77.7 cm³/mol. The van der Waals surface area contributed by atoms with E-state index in [0.717, 1.165) is 38.5 Å². The van der Waals surface area contributed by atoms with E-state index in [1.807, 2.05) is 31.2 Å². The third kappa shape index (κ3) is 4.92. The van der Waals surface area contributed by atoms with E-state index in [0.29, 0.717) is 6.61 Å². The molecule has 1 amide bonds. The van der Waals surface area contributed by atoms with Crippen LogP contribution >= 0.6 is 0 Å². The van der Waals surface area contributed by atoms with Gasteiger partial charge in [-0.3, -0.25) is 9.69 Å². The van der Waals surface area contributed by atoms with E-state index in [-0.39, 0.29) is 12.5 Å². The highest BCUT2D eigenvalue weighted by Crippen LogP contribution is 2.12. The van der Waals surface area contributed by atoms with Gasteiger partial charge in [0.1, 0.15) is 6.61 Å². The lowest BCUT2D eigenvalue weighted by atomic mass is 10.2. The molecule has 1 aliphatic heterocycles. The van der Waals surface area contributed by atoms with Crippen molar-refractivity contribution in [3.8, 4) is 0 Å². The summed E-state index contributed by atoms with van der Waals surface area (Å²) in [5.74, 6) is -0.118. The maximum atomic E-state index is 11.5. The number of nitrogens with one attached hydrogen (secondary N) is 1. The summed E-state index contributed by atoms with van der Waals surface area (Å²) in [6.07, 6.45) is 0. The van der Waals surface area contributed by atoms with Crippen molar-refractivity contribution in [3.63, 3.8) is 0 Å². The zero-order valence-electron chi connectivity index (χ0n) is 11.9. The molecule has 0 aliphatic carbocycles. The van der Waals surface area contributed by atoms with Crippen molar-refractivity contribution in [2.75, 3.05) is 44.8 Å². The van der Waals surface area contributed by atoms with Crippen molar-refractivity contribution in [1.29, 1.82) is 0 Å². The SMILES string of the molecule is CCOCC(=O)Nc1ccc(CN2CCOCC2)cc1. The van der Waals surface area contributed by atoms with Gasteiger partial charge in [-0.2, -0.15) is 0 Å². The zero-order valence-corrected chi connectivity index (χ0v) is 11.9. The number of hydrogen-bond acceptors (Lipinski definition) is 4. The molecule has 0 spiro atoms. The van der Waals surface area contributed by atoms with Crippen LogP contribution in [-0.4, -0.2) is 50.3 Å². The summed E-state index contributed by atoms with van der Waals surface area (Å²) >= 11 is 0. The molecule has 5 nitrogen and oxygen atoms in total. The Hall–Kier alpha value is -1.43. The fraction of sp³-hybridized carbons (Fsp3) is 0.533. The van der Waals surface area contributed by atoms with Gasteiger partial charge in [-0.05, 0) is 24.6 Å². The van der Waals surface area contributed by atoms with E-state index in [2.05, 4.69) is 10.2 Å². The molecule has 1 saturated heterocycles. The quantitative estimate of drug-likeness (QED) is 0.856. The second-order valence-electron chi connectivity index (χ2n) is 4.77. The normalized spacial score (nSPS) is 16.1. The van der Waals surface area contributed by atoms with Crippen molar-refractivity contribution in [2.45, 2.75) is 13.5 Å². The van der Waals surface area contributed by atoms with Crippen LogP contribution in [0.1, 0.15) is 12.5 Å². The Kier molecular flexibility index (Phi) is 5.98. The van der Waals surface area contributed by atoms with Crippen LogP contribution in [0.25, 0.3) is 0 Å². The molecule has 0 bridgehead atoms. The summed E-state index contributed by atoms with van der Waals surface area (Å²) in [5.41, 5.74) is 2.05. The summed E-state index contributed by atoms with van der Waals surface area (Å²) in [6, 6.07) is 7.96. The number of carbonyl (C=O) groups excluding carboxylic acids is 1.